The molecule has 1 aromatic heterocycles. The molecular weight excluding hydrogens is 357 g/mol. The lowest BCUT2D eigenvalue weighted by Gasteiger charge is -2.28. The van der Waals surface area contributed by atoms with Gasteiger partial charge in [-0.05, 0) is 54.4 Å². The minimum absolute atomic E-state index is 0.0973. The molecular formula is C22H24FN3O2. The number of benzene rings is 2. The summed E-state index contributed by atoms with van der Waals surface area (Å²) in [6.45, 7) is 3.72. The number of rotatable bonds is 5. The van der Waals surface area contributed by atoms with Gasteiger partial charge >= 0.3 is 0 Å². The fraction of sp³-hybridized carbons (Fsp3) is 0.318. The second kappa shape index (κ2) is 8.02. The fourth-order valence-electron chi connectivity index (χ4n) is 3.70. The number of anilines is 1. The summed E-state index contributed by atoms with van der Waals surface area (Å²) in [4.78, 5) is 14.7. The van der Waals surface area contributed by atoms with Crippen LogP contribution in [-0.4, -0.2) is 43.3 Å². The van der Waals surface area contributed by atoms with E-state index in [0.717, 1.165) is 48.5 Å². The number of halogens is 1. The number of aryl methyl sites for hydroxylation is 1. The fourth-order valence-corrected chi connectivity index (χ4v) is 3.70. The van der Waals surface area contributed by atoms with E-state index in [-0.39, 0.29) is 11.7 Å². The van der Waals surface area contributed by atoms with Gasteiger partial charge in [-0.1, -0.05) is 0 Å². The first-order chi connectivity index (χ1) is 13.6. The quantitative estimate of drug-likeness (QED) is 0.739. The van der Waals surface area contributed by atoms with Gasteiger partial charge in [-0.25, -0.2) is 4.39 Å². The Morgan fingerprint density at radius 3 is 2.64 bits per heavy atom. The summed E-state index contributed by atoms with van der Waals surface area (Å²) < 4.78 is 20.9. The van der Waals surface area contributed by atoms with Crippen molar-refractivity contribution in [3.05, 3.63) is 65.6 Å². The lowest BCUT2D eigenvalue weighted by molar-refractivity contribution is 0.0954. The van der Waals surface area contributed by atoms with E-state index >= 15 is 0 Å². The Bertz CT molecular complexity index is 975. The minimum Gasteiger partial charge on any atom is -0.378 e. The van der Waals surface area contributed by atoms with E-state index in [1.165, 1.54) is 6.07 Å². The molecule has 1 N–H and O–H groups in total. The normalized spacial score (nSPS) is 14.4. The summed E-state index contributed by atoms with van der Waals surface area (Å²) in [5.74, 6) is -0.343. The Balaban J connectivity index is 1.36. The topological polar surface area (TPSA) is 46.5 Å². The smallest absolute Gasteiger partial charge is 0.251 e. The molecule has 1 aliphatic heterocycles. The minimum atomic E-state index is -0.246. The number of amides is 1. The van der Waals surface area contributed by atoms with Gasteiger partial charge in [0, 0.05) is 55.0 Å². The molecule has 1 fully saturated rings. The van der Waals surface area contributed by atoms with Gasteiger partial charge in [-0.15, -0.1) is 0 Å². The highest BCUT2D eigenvalue weighted by atomic mass is 19.1. The Morgan fingerprint density at radius 2 is 1.89 bits per heavy atom. The first-order valence-corrected chi connectivity index (χ1v) is 9.56. The SMILES string of the molecule is Cn1cc(CCNC(=O)c2ccc(N3CCOCC3)cc2)c2cc(F)ccc21. The van der Waals surface area contributed by atoms with E-state index in [1.807, 2.05) is 42.1 Å². The Morgan fingerprint density at radius 1 is 1.14 bits per heavy atom. The zero-order valence-electron chi connectivity index (χ0n) is 16.0. The van der Waals surface area contributed by atoms with Crippen molar-refractivity contribution in [1.29, 1.82) is 0 Å². The summed E-state index contributed by atoms with van der Waals surface area (Å²) in [6, 6.07) is 12.5. The van der Waals surface area contributed by atoms with Crippen molar-refractivity contribution in [2.75, 3.05) is 37.7 Å². The van der Waals surface area contributed by atoms with Crippen LogP contribution in [-0.2, 0) is 18.2 Å². The van der Waals surface area contributed by atoms with Crippen molar-refractivity contribution in [1.82, 2.24) is 9.88 Å². The molecule has 0 saturated carbocycles. The number of fused-ring (bicyclic) bond motifs is 1. The number of hydrogen-bond acceptors (Lipinski definition) is 3. The molecule has 1 saturated heterocycles. The van der Waals surface area contributed by atoms with Gasteiger partial charge in [-0.3, -0.25) is 4.79 Å². The lowest BCUT2D eigenvalue weighted by Crippen LogP contribution is -2.36. The molecule has 146 valence electrons. The number of carbonyl (C=O) groups excluding carboxylic acids is 1. The average molecular weight is 381 g/mol. The van der Waals surface area contributed by atoms with E-state index in [9.17, 15) is 9.18 Å². The van der Waals surface area contributed by atoms with Gasteiger partial charge in [-0.2, -0.15) is 0 Å². The summed E-state index contributed by atoms with van der Waals surface area (Å²) in [7, 11) is 1.94. The van der Waals surface area contributed by atoms with Gasteiger partial charge in [0.05, 0.1) is 13.2 Å². The Hall–Kier alpha value is -2.86. The van der Waals surface area contributed by atoms with Crippen LogP contribution in [0.3, 0.4) is 0 Å². The molecule has 0 bridgehead atoms. The van der Waals surface area contributed by atoms with Crippen LogP contribution in [0.4, 0.5) is 10.1 Å². The number of morpholine rings is 1. The van der Waals surface area contributed by atoms with Gasteiger partial charge in [0.2, 0.25) is 0 Å². The number of nitrogens with zero attached hydrogens (tertiary/aromatic N) is 2. The van der Waals surface area contributed by atoms with E-state index in [1.54, 1.807) is 12.1 Å². The molecule has 3 aromatic rings. The maximum Gasteiger partial charge on any atom is 0.251 e. The molecule has 1 amide bonds. The highest BCUT2D eigenvalue weighted by molar-refractivity contribution is 5.94. The predicted molar refractivity (Wildman–Crippen MR) is 108 cm³/mol. The van der Waals surface area contributed by atoms with Crippen molar-refractivity contribution in [3.8, 4) is 0 Å². The largest absolute Gasteiger partial charge is 0.378 e. The molecule has 28 heavy (non-hydrogen) atoms. The third-order valence-electron chi connectivity index (χ3n) is 5.22. The number of hydrogen-bond donors (Lipinski definition) is 1. The average Bonchev–Trinajstić information content (AvgIpc) is 3.03. The number of nitrogens with one attached hydrogen (secondary N) is 1. The highest BCUT2D eigenvalue weighted by Gasteiger charge is 2.13. The molecule has 4 rings (SSSR count). The maximum absolute atomic E-state index is 13.6. The van der Waals surface area contributed by atoms with Crippen LogP contribution in [0.1, 0.15) is 15.9 Å². The second-order valence-electron chi connectivity index (χ2n) is 7.08. The van der Waals surface area contributed by atoms with E-state index < -0.39 is 0 Å². The van der Waals surface area contributed by atoms with Crippen LogP contribution in [0.2, 0.25) is 0 Å². The first-order valence-electron chi connectivity index (χ1n) is 9.56. The molecule has 0 radical (unpaired) electrons. The van der Waals surface area contributed by atoms with E-state index in [2.05, 4.69) is 10.2 Å². The monoisotopic (exact) mass is 381 g/mol. The Kier molecular flexibility index (Phi) is 5.30. The number of ether oxygens (including phenoxy) is 1. The third kappa shape index (κ3) is 3.87. The van der Waals surface area contributed by atoms with Crippen molar-refractivity contribution >= 4 is 22.5 Å². The van der Waals surface area contributed by atoms with Crippen LogP contribution >= 0.6 is 0 Å². The van der Waals surface area contributed by atoms with Crippen LogP contribution < -0.4 is 10.2 Å². The maximum atomic E-state index is 13.6. The van der Waals surface area contributed by atoms with Gasteiger partial charge in [0.25, 0.3) is 5.91 Å². The standard InChI is InChI=1S/C22H24FN3O2/c1-25-15-17(20-14-18(23)4-7-21(20)25)8-9-24-22(27)16-2-5-19(6-3-16)26-10-12-28-13-11-26/h2-7,14-15H,8-13H2,1H3,(H,24,27). The van der Waals surface area contributed by atoms with E-state index in [0.29, 0.717) is 18.5 Å². The molecule has 0 aliphatic carbocycles. The highest BCUT2D eigenvalue weighted by Crippen LogP contribution is 2.22. The van der Waals surface area contributed by atoms with Crippen LogP contribution in [0.25, 0.3) is 10.9 Å². The molecule has 6 heteroatoms. The van der Waals surface area contributed by atoms with Crippen molar-refractivity contribution < 1.29 is 13.9 Å². The zero-order valence-corrected chi connectivity index (χ0v) is 16.0. The van der Waals surface area contributed by atoms with Crippen LogP contribution in [0.5, 0.6) is 0 Å². The number of aromatic nitrogens is 1. The molecule has 0 atom stereocenters. The molecule has 2 aromatic carbocycles. The van der Waals surface area contributed by atoms with Gasteiger partial charge < -0.3 is 19.5 Å². The molecule has 5 nitrogen and oxygen atoms in total. The van der Waals surface area contributed by atoms with Crippen molar-refractivity contribution in [2.24, 2.45) is 7.05 Å². The van der Waals surface area contributed by atoms with Crippen molar-refractivity contribution in [2.45, 2.75) is 6.42 Å². The lowest BCUT2D eigenvalue weighted by atomic mass is 10.1. The molecule has 0 spiro atoms. The van der Waals surface area contributed by atoms with Gasteiger partial charge in [0.1, 0.15) is 5.82 Å². The summed E-state index contributed by atoms with van der Waals surface area (Å²) >= 11 is 0. The molecule has 2 heterocycles. The summed E-state index contributed by atoms with van der Waals surface area (Å²) in [5, 5.41) is 3.85. The predicted octanol–water partition coefficient (Wildman–Crippen LogP) is 3.13. The molecule has 0 unspecified atom stereocenters. The second-order valence-corrected chi connectivity index (χ2v) is 7.08. The van der Waals surface area contributed by atoms with Crippen LogP contribution in [0.15, 0.2) is 48.7 Å². The van der Waals surface area contributed by atoms with Crippen LogP contribution in [0, 0.1) is 5.82 Å². The summed E-state index contributed by atoms with van der Waals surface area (Å²) in [5.41, 5.74) is 3.76. The number of carbonyl (C=O) groups is 1. The van der Waals surface area contributed by atoms with Gasteiger partial charge in [0.15, 0.2) is 0 Å². The van der Waals surface area contributed by atoms with Crippen molar-refractivity contribution in [3.63, 3.8) is 0 Å². The third-order valence-corrected chi connectivity index (χ3v) is 5.22. The van der Waals surface area contributed by atoms with E-state index in [4.69, 9.17) is 4.74 Å². The molecule has 1 aliphatic rings. The summed E-state index contributed by atoms with van der Waals surface area (Å²) in [6.07, 6.45) is 2.64. The Labute approximate surface area is 163 Å². The first kappa shape index (κ1) is 18.5. The zero-order chi connectivity index (χ0) is 19.5.